The monoisotopic (exact) mass is 396 g/mol. The standard InChI is InChI=1S/C19H28N2O5S/c1-4-14(2)20-18(22)13-26-19(23)16-8-10-17(11-9-16)27(24,25)21-12-6-5-7-15(21)3/h8-11,14-15H,4-7,12-13H2,1-3H3,(H,20,22)/t14-,15-/m0/s1. The molecule has 2 atom stereocenters. The number of hydrogen-bond acceptors (Lipinski definition) is 5. The number of piperidine rings is 1. The van der Waals surface area contributed by atoms with E-state index in [1.54, 1.807) is 0 Å². The van der Waals surface area contributed by atoms with Gasteiger partial charge < -0.3 is 10.1 Å². The maximum atomic E-state index is 12.8. The predicted octanol–water partition coefficient (Wildman–Crippen LogP) is 2.32. The van der Waals surface area contributed by atoms with Crippen LogP contribution in [0.4, 0.5) is 0 Å². The lowest BCUT2D eigenvalue weighted by Gasteiger charge is -2.32. The van der Waals surface area contributed by atoms with Crippen LogP contribution in [0.1, 0.15) is 56.8 Å². The number of nitrogens with zero attached hydrogens (tertiary/aromatic N) is 1. The quantitative estimate of drug-likeness (QED) is 0.714. The average molecular weight is 397 g/mol. The summed E-state index contributed by atoms with van der Waals surface area (Å²) in [5.41, 5.74) is 0.206. The summed E-state index contributed by atoms with van der Waals surface area (Å²) >= 11 is 0. The minimum Gasteiger partial charge on any atom is -0.452 e. The highest BCUT2D eigenvalue weighted by Crippen LogP contribution is 2.25. The second-order valence-corrected chi connectivity index (χ2v) is 8.83. The molecule has 0 spiro atoms. The highest BCUT2D eigenvalue weighted by Gasteiger charge is 2.31. The van der Waals surface area contributed by atoms with Crippen molar-refractivity contribution in [1.29, 1.82) is 0 Å². The van der Waals surface area contributed by atoms with Gasteiger partial charge in [0.25, 0.3) is 5.91 Å². The summed E-state index contributed by atoms with van der Waals surface area (Å²) in [6, 6.07) is 5.63. The number of carbonyl (C=O) groups is 2. The fourth-order valence-corrected chi connectivity index (χ4v) is 4.66. The van der Waals surface area contributed by atoms with Crippen LogP contribution >= 0.6 is 0 Å². The second kappa shape index (κ2) is 9.32. The molecule has 1 aromatic rings. The van der Waals surface area contributed by atoms with Crippen molar-refractivity contribution in [3.05, 3.63) is 29.8 Å². The maximum absolute atomic E-state index is 12.8. The number of rotatable bonds is 7. The van der Waals surface area contributed by atoms with Crippen LogP contribution in [0.25, 0.3) is 0 Å². The van der Waals surface area contributed by atoms with Gasteiger partial charge in [0.05, 0.1) is 10.5 Å². The van der Waals surface area contributed by atoms with Crippen LogP contribution in [0.2, 0.25) is 0 Å². The lowest BCUT2D eigenvalue weighted by atomic mass is 10.1. The number of sulfonamides is 1. The molecule has 0 aromatic heterocycles. The van der Waals surface area contributed by atoms with Crippen molar-refractivity contribution in [2.45, 2.75) is 63.4 Å². The number of amides is 1. The van der Waals surface area contributed by atoms with Crippen molar-refractivity contribution in [3.63, 3.8) is 0 Å². The zero-order chi connectivity index (χ0) is 20.0. The van der Waals surface area contributed by atoms with Crippen molar-refractivity contribution in [3.8, 4) is 0 Å². The molecule has 0 radical (unpaired) electrons. The Morgan fingerprint density at radius 1 is 1.26 bits per heavy atom. The van der Waals surface area contributed by atoms with Crippen LogP contribution in [0.15, 0.2) is 29.2 Å². The Morgan fingerprint density at radius 3 is 2.52 bits per heavy atom. The van der Waals surface area contributed by atoms with Gasteiger partial charge in [0.1, 0.15) is 0 Å². The summed E-state index contributed by atoms with van der Waals surface area (Å²) in [6.07, 6.45) is 3.52. The largest absolute Gasteiger partial charge is 0.452 e. The molecule has 0 bridgehead atoms. The molecule has 1 aromatic carbocycles. The van der Waals surface area contributed by atoms with E-state index >= 15 is 0 Å². The minimum atomic E-state index is -3.58. The van der Waals surface area contributed by atoms with Crippen molar-refractivity contribution < 1.29 is 22.7 Å². The van der Waals surface area contributed by atoms with Crippen LogP contribution in [0, 0.1) is 0 Å². The molecule has 8 heteroatoms. The van der Waals surface area contributed by atoms with E-state index in [4.69, 9.17) is 4.74 Å². The van der Waals surface area contributed by atoms with E-state index in [1.165, 1.54) is 28.6 Å². The summed E-state index contributed by atoms with van der Waals surface area (Å²) in [4.78, 5) is 23.9. The zero-order valence-electron chi connectivity index (χ0n) is 16.1. The molecule has 1 fully saturated rings. The Labute approximate surface area is 161 Å². The first kappa shape index (κ1) is 21.4. The third-order valence-corrected chi connectivity index (χ3v) is 6.82. The minimum absolute atomic E-state index is 0.0119. The first-order valence-electron chi connectivity index (χ1n) is 9.34. The fourth-order valence-electron chi connectivity index (χ4n) is 2.96. The first-order valence-corrected chi connectivity index (χ1v) is 10.8. The summed E-state index contributed by atoms with van der Waals surface area (Å²) in [7, 11) is -3.58. The van der Waals surface area contributed by atoms with Crippen molar-refractivity contribution >= 4 is 21.9 Å². The van der Waals surface area contributed by atoms with Crippen LogP contribution in [-0.2, 0) is 19.6 Å². The molecule has 0 unspecified atom stereocenters. The molecule has 7 nitrogen and oxygen atoms in total. The fraction of sp³-hybridized carbons (Fsp3) is 0.579. The molecule has 1 N–H and O–H groups in total. The number of ether oxygens (including phenoxy) is 1. The molecule has 27 heavy (non-hydrogen) atoms. The van der Waals surface area contributed by atoms with Gasteiger partial charge in [-0.25, -0.2) is 13.2 Å². The molecule has 150 valence electrons. The molecule has 1 aliphatic heterocycles. The van der Waals surface area contributed by atoms with Gasteiger partial charge in [0.15, 0.2) is 6.61 Å². The summed E-state index contributed by atoms with van der Waals surface area (Å²) in [6.45, 7) is 5.86. The van der Waals surface area contributed by atoms with E-state index in [0.717, 1.165) is 25.7 Å². The van der Waals surface area contributed by atoms with E-state index in [2.05, 4.69) is 5.32 Å². The molecular weight excluding hydrogens is 368 g/mol. The van der Waals surface area contributed by atoms with Crippen molar-refractivity contribution in [2.75, 3.05) is 13.2 Å². The van der Waals surface area contributed by atoms with Crippen molar-refractivity contribution in [2.24, 2.45) is 0 Å². The zero-order valence-corrected chi connectivity index (χ0v) is 16.9. The van der Waals surface area contributed by atoms with E-state index in [9.17, 15) is 18.0 Å². The van der Waals surface area contributed by atoms with E-state index in [0.29, 0.717) is 6.54 Å². The molecule has 2 rings (SSSR count). The maximum Gasteiger partial charge on any atom is 0.338 e. The van der Waals surface area contributed by atoms with Crippen LogP contribution in [0.5, 0.6) is 0 Å². The van der Waals surface area contributed by atoms with E-state index in [1.807, 2.05) is 20.8 Å². The lowest BCUT2D eigenvalue weighted by molar-refractivity contribution is -0.124. The Morgan fingerprint density at radius 2 is 1.93 bits per heavy atom. The smallest absolute Gasteiger partial charge is 0.338 e. The molecule has 1 saturated heterocycles. The van der Waals surface area contributed by atoms with Gasteiger partial charge in [-0.05, 0) is 57.4 Å². The highest BCUT2D eigenvalue weighted by molar-refractivity contribution is 7.89. The number of hydrogen-bond donors (Lipinski definition) is 1. The van der Waals surface area contributed by atoms with Gasteiger partial charge in [-0.3, -0.25) is 4.79 Å². The third kappa shape index (κ3) is 5.52. The normalized spacial score (nSPS) is 19.3. The Balaban J connectivity index is 1.99. The summed E-state index contributed by atoms with van der Waals surface area (Å²) in [5, 5.41) is 2.70. The van der Waals surface area contributed by atoms with Crippen molar-refractivity contribution in [1.82, 2.24) is 9.62 Å². The second-order valence-electron chi connectivity index (χ2n) is 6.94. The van der Waals surface area contributed by atoms with Crippen LogP contribution in [-0.4, -0.2) is 49.8 Å². The van der Waals surface area contributed by atoms with E-state index < -0.39 is 16.0 Å². The van der Waals surface area contributed by atoms with Gasteiger partial charge in [0, 0.05) is 18.6 Å². The molecule has 0 aliphatic carbocycles. The molecular formula is C19H28N2O5S. The topological polar surface area (TPSA) is 92.8 Å². The SMILES string of the molecule is CC[C@H](C)NC(=O)COC(=O)c1ccc(S(=O)(=O)N2CCCC[C@@H]2C)cc1. The van der Waals surface area contributed by atoms with Gasteiger partial charge >= 0.3 is 5.97 Å². The molecule has 1 heterocycles. The number of benzene rings is 1. The van der Waals surface area contributed by atoms with Crippen LogP contribution < -0.4 is 5.32 Å². The Kier molecular flexibility index (Phi) is 7.38. The summed E-state index contributed by atoms with van der Waals surface area (Å²) < 4.78 is 32.1. The van der Waals surface area contributed by atoms with Gasteiger partial charge in [-0.1, -0.05) is 13.3 Å². The average Bonchev–Trinajstić information content (AvgIpc) is 2.66. The Bertz CT molecular complexity index is 761. The number of nitrogens with one attached hydrogen (secondary N) is 1. The molecule has 1 aliphatic rings. The summed E-state index contributed by atoms with van der Waals surface area (Å²) in [5.74, 6) is -1.03. The third-order valence-electron chi connectivity index (χ3n) is 4.79. The predicted molar refractivity (Wildman–Crippen MR) is 102 cm³/mol. The number of carbonyl (C=O) groups excluding carboxylic acids is 2. The molecule has 0 saturated carbocycles. The Hall–Kier alpha value is -1.93. The van der Waals surface area contributed by atoms with Gasteiger partial charge in [-0.2, -0.15) is 4.31 Å². The number of esters is 1. The van der Waals surface area contributed by atoms with Crippen LogP contribution in [0.3, 0.4) is 0 Å². The molecule has 1 amide bonds. The highest BCUT2D eigenvalue weighted by atomic mass is 32.2. The lowest BCUT2D eigenvalue weighted by Crippen LogP contribution is -2.41. The van der Waals surface area contributed by atoms with Gasteiger partial charge in [0.2, 0.25) is 10.0 Å². The first-order chi connectivity index (χ1) is 12.8. The van der Waals surface area contributed by atoms with E-state index in [-0.39, 0.29) is 35.1 Å². The van der Waals surface area contributed by atoms with Gasteiger partial charge in [-0.15, -0.1) is 0 Å².